The SMILES string of the molecule is COc1cccc(C(C)Nc2nc(OCCN(C)S(=O)(=O)CCCN(C)C)nc3c(C(C)C)cnn23)c1. The van der Waals surface area contributed by atoms with Crippen molar-refractivity contribution in [1.29, 1.82) is 0 Å². The summed E-state index contributed by atoms with van der Waals surface area (Å²) in [6.07, 6.45) is 2.36. The Balaban J connectivity index is 1.77. The van der Waals surface area contributed by atoms with Crippen LogP contribution in [-0.2, 0) is 10.0 Å². The number of benzene rings is 1. The smallest absolute Gasteiger partial charge is 0.321 e. The van der Waals surface area contributed by atoms with Crippen molar-refractivity contribution in [2.75, 3.05) is 59.0 Å². The predicted octanol–water partition coefficient (Wildman–Crippen LogP) is 3.02. The molecule has 3 aromatic rings. The summed E-state index contributed by atoms with van der Waals surface area (Å²) in [5.41, 5.74) is 2.63. The number of likely N-dealkylation sites (N-methyl/N-ethyl adjacent to an activating group) is 1. The molecule has 0 saturated carbocycles. The third-order valence-corrected chi connectivity index (χ3v) is 7.99. The van der Waals surface area contributed by atoms with Crippen LogP contribution in [0.2, 0.25) is 0 Å². The number of ether oxygens (including phenoxy) is 2. The number of nitrogens with zero attached hydrogens (tertiary/aromatic N) is 6. The van der Waals surface area contributed by atoms with E-state index in [0.717, 1.165) is 16.9 Å². The quantitative estimate of drug-likeness (QED) is 0.334. The Kier molecular flexibility index (Phi) is 9.68. The highest BCUT2D eigenvalue weighted by Crippen LogP contribution is 2.26. The minimum absolute atomic E-state index is 0.0912. The molecule has 0 aliphatic heterocycles. The molecule has 204 valence electrons. The molecule has 37 heavy (non-hydrogen) atoms. The molecule has 0 bridgehead atoms. The van der Waals surface area contributed by atoms with Crippen LogP contribution in [-0.4, -0.2) is 90.9 Å². The second kappa shape index (κ2) is 12.5. The summed E-state index contributed by atoms with van der Waals surface area (Å²) in [6, 6.07) is 7.86. The van der Waals surface area contributed by atoms with Gasteiger partial charge in [-0.05, 0) is 57.6 Å². The molecule has 1 unspecified atom stereocenters. The van der Waals surface area contributed by atoms with Crippen molar-refractivity contribution in [3.8, 4) is 11.8 Å². The number of methoxy groups -OCH3 is 1. The van der Waals surface area contributed by atoms with Gasteiger partial charge in [-0.2, -0.15) is 19.6 Å². The molecule has 2 aromatic heterocycles. The molecular formula is C25H39N7O4S. The minimum atomic E-state index is -3.37. The van der Waals surface area contributed by atoms with Gasteiger partial charge in [0.2, 0.25) is 16.0 Å². The van der Waals surface area contributed by atoms with E-state index < -0.39 is 10.0 Å². The minimum Gasteiger partial charge on any atom is -0.497 e. The molecule has 3 rings (SSSR count). The normalized spacial score (nSPS) is 13.0. The molecule has 11 nitrogen and oxygen atoms in total. The maximum atomic E-state index is 12.6. The lowest BCUT2D eigenvalue weighted by molar-refractivity contribution is 0.267. The van der Waals surface area contributed by atoms with E-state index in [0.29, 0.717) is 24.6 Å². The van der Waals surface area contributed by atoms with Gasteiger partial charge >= 0.3 is 6.01 Å². The largest absolute Gasteiger partial charge is 0.497 e. The van der Waals surface area contributed by atoms with Gasteiger partial charge in [-0.1, -0.05) is 26.0 Å². The summed E-state index contributed by atoms with van der Waals surface area (Å²) in [5.74, 6) is 1.53. The van der Waals surface area contributed by atoms with Crippen molar-refractivity contribution < 1.29 is 17.9 Å². The van der Waals surface area contributed by atoms with Gasteiger partial charge in [-0.25, -0.2) is 12.7 Å². The van der Waals surface area contributed by atoms with E-state index in [1.807, 2.05) is 50.2 Å². The fourth-order valence-corrected chi connectivity index (χ4v) is 4.91. The molecule has 2 heterocycles. The van der Waals surface area contributed by atoms with Crippen molar-refractivity contribution in [3.63, 3.8) is 0 Å². The molecule has 0 fully saturated rings. The number of hydrogen-bond donors (Lipinski definition) is 1. The summed E-state index contributed by atoms with van der Waals surface area (Å²) in [5, 5.41) is 7.91. The lowest BCUT2D eigenvalue weighted by Crippen LogP contribution is -2.33. The van der Waals surface area contributed by atoms with Crippen LogP contribution >= 0.6 is 0 Å². The first-order valence-electron chi connectivity index (χ1n) is 12.4. The highest BCUT2D eigenvalue weighted by atomic mass is 32.2. The number of sulfonamides is 1. The molecule has 1 aromatic carbocycles. The van der Waals surface area contributed by atoms with Gasteiger partial charge in [-0.3, -0.25) is 0 Å². The van der Waals surface area contributed by atoms with Gasteiger partial charge in [0.05, 0.1) is 25.1 Å². The number of anilines is 1. The molecule has 0 aliphatic carbocycles. The summed E-state index contributed by atoms with van der Waals surface area (Å²) in [6.45, 7) is 7.19. The maximum absolute atomic E-state index is 12.6. The Morgan fingerprint density at radius 3 is 2.54 bits per heavy atom. The van der Waals surface area contributed by atoms with E-state index in [-0.39, 0.29) is 36.9 Å². The van der Waals surface area contributed by atoms with Crippen LogP contribution in [0, 0.1) is 0 Å². The van der Waals surface area contributed by atoms with Gasteiger partial charge in [-0.15, -0.1) is 0 Å². The van der Waals surface area contributed by atoms with Crippen LogP contribution in [0.15, 0.2) is 30.5 Å². The van der Waals surface area contributed by atoms with E-state index >= 15 is 0 Å². The van der Waals surface area contributed by atoms with E-state index in [1.165, 1.54) is 4.31 Å². The van der Waals surface area contributed by atoms with Crippen LogP contribution in [0.1, 0.15) is 50.3 Å². The fraction of sp³-hybridized carbons (Fsp3) is 0.560. The average molecular weight is 534 g/mol. The average Bonchev–Trinajstić information content (AvgIpc) is 3.28. The second-order valence-electron chi connectivity index (χ2n) is 9.61. The first-order chi connectivity index (χ1) is 17.5. The standard InChI is InChI=1S/C25H39N7O4S/c1-18(2)22-17-26-32-23(22)28-25(36-14-13-31(6)37(33,34)15-9-12-30(4)5)29-24(32)27-19(3)20-10-8-11-21(16-20)35-7/h8,10-11,16-19H,9,12-15H2,1-7H3,(H,27,28,29). The first kappa shape index (κ1) is 28.6. The lowest BCUT2D eigenvalue weighted by Gasteiger charge is -2.19. The monoisotopic (exact) mass is 533 g/mol. The predicted molar refractivity (Wildman–Crippen MR) is 145 cm³/mol. The van der Waals surface area contributed by atoms with E-state index in [9.17, 15) is 8.42 Å². The Morgan fingerprint density at radius 1 is 1.11 bits per heavy atom. The summed E-state index contributed by atoms with van der Waals surface area (Å²) in [7, 11) is 3.68. The Hall–Kier alpha value is -2.96. The third kappa shape index (κ3) is 7.53. The van der Waals surface area contributed by atoms with Gasteiger partial charge in [0.25, 0.3) is 0 Å². The zero-order valence-electron chi connectivity index (χ0n) is 22.8. The van der Waals surface area contributed by atoms with Gasteiger partial charge in [0, 0.05) is 19.2 Å². The Labute approximate surface area is 219 Å². The number of hydrogen-bond acceptors (Lipinski definition) is 9. The van der Waals surface area contributed by atoms with Crippen molar-refractivity contribution in [3.05, 3.63) is 41.6 Å². The molecule has 0 saturated heterocycles. The van der Waals surface area contributed by atoms with Crippen molar-refractivity contribution in [2.24, 2.45) is 0 Å². The highest BCUT2D eigenvalue weighted by molar-refractivity contribution is 7.89. The van der Waals surface area contributed by atoms with Gasteiger partial charge in [0.1, 0.15) is 12.4 Å². The third-order valence-electron chi connectivity index (χ3n) is 6.06. The molecular weight excluding hydrogens is 494 g/mol. The second-order valence-corrected chi connectivity index (χ2v) is 11.8. The van der Waals surface area contributed by atoms with Gasteiger partial charge in [0.15, 0.2) is 5.65 Å². The summed E-state index contributed by atoms with van der Waals surface area (Å²) < 4.78 is 39.3. The summed E-state index contributed by atoms with van der Waals surface area (Å²) >= 11 is 0. The fourth-order valence-electron chi connectivity index (χ4n) is 3.75. The zero-order valence-corrected chi connectivity index (χ0v) is 23.6. The lowest BCUT2D eigenvalue weighted by atomic mass is 10.1. The van der Waals surface area contributed by atoms with Crippen molar-refractivity contribution in [2.45, 2.75) is 39.2 Å². The number of fused-ring (bicyclic) bond motifs is 1. The van der Waals surface area contributed by atoms with Crippen molar-refractivity contribution in [1.82, 2.24) is 28.8 Å². The zero-order chi connectivity index (χ0) is 27.2. The van der Waals surface area contributed by atoms with Gasteiger partial charge < -0.3 is 19.7 Å². The van der Waals surface area contributed by atoms with Crippen LogP contribution in [0.25, 0.3) is 5.65 Å². The highest BCUT2D eigenvalue weighted by Gasteiger charge is 2.20. The molecule has 12 heteroatoms. The molecule has 1 N–H and O–H groups in total. The van der Waals surface area contributed by atoms with E-state index in [4.69, 9.17) is 9.47 Å². The van der Waals surface area contributed by atoms with Crippen molar-refractivity contribution >= 4 is 21.6 Å². The molecule has 0 aliphatic rings. The molecule has 0 radical (unpaired) electrons. The first-order valence-corrected chi connectivity index (χ1v) is 14.0. The van der Waals surface area contributed by atoms with E-state index in [1.54, 1.807) is 24.9 Å². The maximum Gasteiger partial charge on any atom is 0.321 e. The van der Waals surface area contributed by atoms with Crippen LogP contribution in [0.5, 0.6) is 11.8 Å². The Morgan fingerprint density at radius 2 is 1.86 bits per heavy atom. The van der Waals surface area contributed by atoms with E-state index in [2.05, 4.69) is 34.2 Å². The number of nitrogens with one attached hydrogen (secondary N) is 1. The van der Waals surface area contributed by atoms with Crippen LogP contribution < -0.4 is 14.8 Å². The topological polar surface area (TPSA) is 114 Å². The summed E-state index contributed by atoms with van der Waals surface area (Å²) in [4.78, 5) is 11.1. The Bertz CT molecular complexity index is 1280. The van der Waals surface area contributed by atoms with Crippen LogP contribution in [0.4, 0.5) is 5.95 Å². The molecule has 0 spiro atoms. The number of rotatable bonds is 14. The van der Waals surface area contributed by atoms with Crippen LogP contribution in [0.3, 0.4) is 0 Å². The molecule has 1 atom stereocenters. The molecule has 0 amide bonds. The number of aromatic nitrogens is 4.